The third-order valence-corrected chi connectivity index (χ3v) is 11.7. The Morgan fingerprint density at radius 1 is 1.05 bits per heavy atom. The number of nitriles is 1. The van der Waals surface area contributed by atoms with Crippen LogP contribution in [0.25, 0.3) is 28.0 Å². The summed E-state index contributed by atoms with van der Waals surface area (Å²) in [6, 6.07) is 17.1. The minimum atomic E-state index is -3.93. The van der Waals surface area contributed by atoms with E-state index in [1.54, 1.807) is 60.8 Å². The van der Waals surface area contributed by atoms with Crippen molar-refractivity contribution >= 4 is 46.1 Å². The van der Waals surface area contributed by atoms with Crippen molar-refractivity contribution in [2.24, 2.45) is 0 Å². The van der Waals surface area contributed by atoms with Crippen LogP contribution in [-0.2, 0) is 27.1 Å². The first kappa shape index (κ1) is 30.0. The fourth-order valence-electron chi connectivity index (χ4n) is 6.06. The van der Waals surface area contributed by atoms with Crippen molar-refractivity contribution in [2.75, 3.05) is 6.61 Å². The van der Waals surface area contributed by atoms with E-state index >= 15 is 0 Å². The molecular formula is C34H36N4O4SSi. The average molecular weight is 625 g/mol. The van der Waals surface area contributed by atoms with Gasteiger partial charge >= 0.3 is 0 Å². The van der Waals surface area contributed by atoms with Crippen LogP contribution in [0.2, 0.25) is 25.7 Å². The van der Waals surface area contributed by atoms with Crippen molar-refractivity contribution in [3.05, 3.63) is 100 Å². The summed E-state index contributed by atoms with van der Waals surface area (Å²) >= 11 is 0. The van der Waals surface area contributed by atoms with E-state index in [0.717, 1.165) is 22.7 Å². The number of fused-ring (bicyclic) bond motifs is 1. The summed E-state index contributed by atoms with van der Waals surface area (Å²) in [6.07, 6.45) is 5.08. The zero-order valence-corrected chi connectivity index (χ0v) is 27.7. The SMILES string of the molecule is Cc1ccc(S(=O)(=O)n2cc3c4c(c(C)cc(C)c42)C(O)(c2nc4ccc(C#N)cc4n2COCC[Si](C)(C)C)C=C3)cc1. The Morgan fingerprint density at radius 2 is 1.77 bits per heavy atom. The van der Waals surface area contributed by atoms with Crippen LogP contribution in [0.1, 0.15) is 39.2 Å². The lowest BCUT2D eigenvalue weighted by Gasteiger charge is -2.31. The molecule has 44 heavy (non-hydrogen) atoms. The lowest BCUT2D eigenvalue weighted by atomic mass is 9.81. The molecule has 8 nitrogen and oxygen atoms in total. The molecule has 226 valence electrons. The Hall–Kier alpha value is -4.01. The number of hydrogen-bond donors (Lipinski definition) is 1. The van der Waals surface area contributed by atoms with Gasteiger partial charge in [0.15, 0.2) is 11.4 Å². The summed E-state index contributed by atoms with van der Waals surface area (Å²) in [5, 5.41) is 23.0. The van der Waals surface area contributed by atoms with Gasteiger partial charge in [0.2, 0.25) is 0 Å². The van der Waals surface area contributed by atoms with Crippen LogP contribution in [0.3, 0.4) is 0 Å². The number of aromatic nitrogens is 3. The van der Waals surface area contributed by atoms with E-state index < -0.39 is 23.7 Å². The van der Waals surface area contributed by atoms with E-state index in [1.807, 2.05) is 31.4 Å². The minimum Gasteiger partial charge on any atom is -0.373 e. The quantitative estimate of drug-likeness (QED) is 0.154. The standard InChI is InChI=1S/C34H36N4O4SSi/c1-22-7-10-27(11-8-22)43(40,41)38-20-26-13-14-34(39,31-23(2)17-24(3)32(38)30(26)31)33-36-28-12-9-25(19-35)18-29(28)37(33)21-42-15-16-44(4,5)6/h7-14,17-18,20,39H,15-16,21H2,1-6H3. The highest BCUT2D eigenvalue weighted by Crippen LogP contribution is 2.46. The molecule has 0 amide bonds. The largest absolute Gasteiger partial charge is 0.373 e. The number of nitrogens with zero attached hydrogens (tertiary/aromatic N) is 4. The number of imidazole rings is 1. The molecule has 0 spiro atoms. The number of aliphatic hydroxyl groups is 1. The number of rotatable bonds is 8. The fraction of sp³-hybridized carbons (Fsp3) is 0.294. The summed E-state index contributed by atoms with van der Waals surface area (Å²) in [7, 11) is -5.27. The van der Waals surface area contributed by atoms with Gasteiger partial charge in [-0.3, -0.25) is 0 Å². The maximum atomic E-state index is 14.0. The molecule has 5 aromatic rings. The molecule has 6 rings (SSSR count). The van der Waals surface area contributed by atoms with Gasteiger partial charge in [0.05, 0.1) is 33.1 Å². The molecule has 10 heteroatoms. The van der Waals surface area contributed by atoms with Crippen molar-refractivity contribution in [1.29, 1.82) is 5.26 Å². The first-order chi connectivity index (χ1) is 20.7. The molecule has 0 saturated carbocycles. The highest BCUT2D eigenvalue weighted by Gasteiger charge is 2.41. The van der Waals surface area contributed by atoms with Crippen molar-refractivity contribution in [3.8, 4) is 6.07 Å². The Morgan fingerprint density at radius 3 is 2.45 bits per heavy atom. The van der Waals surface area contributed by atoms with Crippen LogP contribution < -0.4 is 0 Å². The summed E-state index contributed by atoms with van der Waals surface area (Å²) in [6.45, 7) is 13.3. The summed E-state index contributed by atoms with van der Waals surface area (Å²) < 4.78 is 37.2. The lowest BCUT2D eigenvalue weighted by Crippen LogP contribution is -2.32. The topological polar surface area (TPSA) is 110 Å². The summed E-state index contributed by atoms with van der Waals surface area (Å²) in [5.74, 6) is 0.347. The second kappa shape index (κ2) is 10.6. The van der Waals surface area contributed by atoms with Crippen LogP contribution in [0.4, 0.5) is 0 Å². The first-order valence-corrected chi connectivity index (χ1v) is 19.8. The second-order valence-electron chi connectivity index (χ2n) is 12.9. The van der Waals surface area contributed by atoms with Gasteiger partial charge in [0.1, 0.15) is 6.73 Å². The summed E-state index contributed by atoms with van der Waals surface area (Å²) in [4.78, 5) is 5.09. The van der Waals surface area contributed by atoms with Gasteiger partial charge in [-0.1, -0.05) is 49.5 Å². The highest BCUT2D eigenvalue weighted by molar-refractivity contribution is 7.90. The minimum absolute atomic E-state index is 0.144. The van der Waals surface area contributed by atoms with Crippen LogP contribution >= 0.6 is 0 Å². The zero-order chi connectivity index (χ0) is 31.6. The highest BCUT2D eigenvalue weighted by atomic mass is 32.2. The van der Waals surface area contributed by atoms with E-state index in [1.165, 1.54) is 3.97 Å². The summed E-state index contributed by atoms with van der Waals surface area (Å²) in [5.41, 5.74) is 4.44. The molecule has 2 aromatic heterocycles. The van der Waals surface area contributed by atoms with Crippen LogP contribution in [-0.4, -0.2) is 41.7 Å². The molecule has 1 unspecified atom stereocenters. The molecule has 0 radical (unpaired) electrons. The van der Waals surface area contributed by atoms with Crippen molar-refractivity contribution in [1.82, 2.24) is 13.5 Å². The number of benzene rings is 3. The monoisotopic (exact) mass is 624 g/mol. The van der Waals surface area contributed by atoms with Crippen molar-refractivity contribution in [3.63, 3.8) is 0 Å². The van der Waals surface area contributed by atoms with Gasteiger partial charge in [-0.2, -0.15) is 5.26 Å². The van der Waals surface area contributed by atoms with Crippen molar-refractivity contribution in [2.45, 2.75) is 63.7 Å². The molecule has 0 bridgehead atoms. The number of hydrogen-bond acceptors (Lipinski definition) is 6. The molecule has 1 aliphatic rings. The Labute approximate surface area is 258 Å². The average Bonchev–Trinajstić information content (AvgIpc) is 3.54. The second-order valence-corrected chi connectivity index (χ2v) is 20.4. The van der Waals surface area contributed by atoms with Crippen LogP contribution in [0, 0.1) is 32.1 Å². The molecule has 2 heterocycles. The number of ether oxygens (including phenoxy) is 1. The van der Waals surface area contributed by atoms with Gasteiger partial charge in [-0.05, 0) is 74.4 Å². The van der Waals surface area contributed by atoms with Crippen molar-refractivity contribution < 1.29 is 18.3 Å². The Kier molecular flexibility index (Phi) is 7.21. The van der Waals surface area contributed by atoms with Gasteiger partial charge in [0, 0.05) is 37.4 Å². The maximum Gasteiger partial charge on any atom is 0.268 e. The molecule has 0 aliphatic heterocycles. The van der Waals surface area contributed by atoms with E-state index in [-0.39, 0.29) is 11.6 Å². The lowest BCUT2D eigenvalue weighted by molar-refractivity contribution is 0.0688. The van der Waals surface area contributed by atoms with E-state index in [2.05, 4.69) is 25.7 Å². The number of aryl methyl sites for hydroxylation is 3. The third-order valence-electron chi connectivity index (χ3n) is 8.35. The molecule has 1 aliphatic carbocycles. The molecule has 0 saturated heterocycles. The Bertz CT molecular complexity index is 2130. The maximum absolute atomic E-state index is 14.0. The normalized spacial score (nSPS) is 16.6. The molecule has 1 N–H and O–H groups in total. The van der Waals surface area contributed by atoms with E-state index in [9.17, 15) is 18.8 Å². The van der Waals surface area contributed by atoms with Gasteiger partial charge in [-0.15, -0.1) is 0 Å². The first-order valence-electron chi connectivity index (χ1n) is 14.6. The molecule has 3 aromatic carbocycles. The van der Waals surface area contributed by atoms with Gasteiger partial charge in [-0.25, -0.2) is 17.4 Å². The van der Waals surface area contributed by atoms with Gasteiger partial charge in [0.25, 0.3) is 10.0 Å². The van der Waals surface area contributed by atoms with E-state index in [0.29, 0.717) is 51.1 Å². The zero-order valence-electron chi connectivity index (χ0n) is 25.8. The van der Waals surface area contributed by atoms with Gasteiger partial charge < -0.3 is 14.4 Å². The predicted octanol–water partition coefficient (Wildman–Crippen LogP) is 6.60. The smallest absolute Gasteiger partial charge is 0.268 e. The third kappa shape index (κ3) is 4.90. The van der Waals surface area contributed by atoms with Crippen LogP contribution in [0.5, 0.6) is 0 Å². The molecule has 0 fully saturated rings. The Balaban J connectivity index is 1.56. The predicted molar refractivity (Wildman–Crippen MR) is 176 cm³/mol. The molecule has 1 atom stereocenters. The molecular weight excluding hydrogens is 589 g/mol. The fourth-order valence-corrected chi connectivity index (χ4v) is 8.25. The van der Waals surface area contributed by atoms with E-state index in [4.69, 9.17) is 9.72 Å². The van der Waals surface area contributed by atoms with Crippen LogP contribution in [0.15, 0.2) is 65.7 Å².